The second-order valence-corrected chi connectivity index (χ2v) is 6.35. The van der Waals surface area contributed by atoms with Crippen LogP contribution in [0.25, 0.3) is 0 Å². The first kappa shape index (κ1) is 19.1. The van der Waals surface area contributed by atoms with Gasteiger partial charge < -0.3 is 10.2 Å². The summed E-state index contributed by atoms with van der Waals surface area (Å²) in [6, 6.07) is 6.92. The van der Waals surface area contributed by atoms with Gasteiger partial charge in [0, 0.05) is 13.5 Å². The highest BCUT2D eigenvalue weighted by Crippen LogP contribution is 2.20. The second kappa shape index (κ2) is 8.77. The third-order valence-corrected chi connectivity index (χ3v) is 4.20. The lowest BCUT2D eigenvalue weighted by atomic mass is 10.3. The van der Waals surface area contributed by atoms with E-state index in [0.29, 0.717) is 15.5 Å². The number of H-pyrrole nitrogens is 1. The molecule has 25 heavy (non-hydrogen) atoms. The molecule has 0 saturated carbocycles. The van der Waals surface area contributed by atoms with Crippen LogP contribution in [-0.4, -0.2) is 45.1 Å². The van der Waals surface area contributed by atoms with Crippen LogP contribution in [0.5, 0.6) is 0 Å². The van der Waals surface area contributed by atoms with E-state index in [4.69, 9.17) is 23.8 Å². The van der Waals surface area contributed by atoms with Crippen molar-refractivity contribution in [3.8, 4) is 0 Å². The second-order valence-electron chi connectivity index (χ2n) is 5.56. The van der Waals surface area contributed by atoms with E-state index in [-0.39, 0.29) is 24.9 Å². The van der Waals surface area contributed by atoms with E-state index in [9.17, 15) is 9.59 Å². The molecule has 0 saturated heterocycles. The number of carbonyl (C=O) groups excluding carboxylic acids is 2. The van der Waals surface area contributed by atoms with Crippen LogP contribution in [0.2, 0.25) is 5.02 Å². The molecular formula is C16H20ClN5O2S. The molecule has 2 rings (SSSR count). The minimum absolute atomic E-state index is 0.0422. The molecule has 0 bridgehead atoms. The van der Waals surface area contributed by atoms with E-state index in [1.54, 1.807) is 35.9 Å². The summed E-state index contributed by atoms with van der Waals surface area (Å²) in [5.41, 5.74) is 0.511. The molecule has 2 amide bonds. The Balaban J connectivity index is 1.96. The van der Waals surface area contributed by atoms with Gasteiger partial charge in [-0.15, -0.1) is 0 Å². The number of nitrogens with zero attached hydrogens (tertiary/aromatic N) is 3. The molecule has 0 fully saturated rings. The Labute approximate surface area is 156 Å². The average Bonchev–Trinajstić information content (AvgIpc) is 2.90. The number of amides is 2. The molecule has 134 valence electrons. The van der Waals surface area contributed by atoms with Gasteiger partial charge in [-0.2, -0.15) is 5.10 Å². The molecule has 0 atom stereocenters. The zero-order valence-electron chi connectivity index (χ0n) is 14.1. The highest BCUT2D eigenvalue weighted by molar-refractivity contribution is 7.71. The molecule has 0 radical (unpaired) electrons. The molecular weight excluding hydrogens is 362 g/mol. The number of rotatable bonds is 7. The third kappa shape index (κ3) is 5.14. The highest BCUT2D eigenvalue weighted by Gasteiger charge is 2.16. The third-order valence-electron chi connectivity index (χ3n) is 3.56. The monoisotopic (exact) mass is 381 g/mol. The fraction of sp³-hybridized carbons (Fsp3) is 0.375. The Morgan fingerprint density at radius 1 is 1.40 bits per heavy atom. The van der Waals surface area contributed by atoms with E-state index in [1.807, 2.05) is 6.92 Å². The molecule has 0 unspecified atom stereocenters. The summed E-state index contributed by atoms with van der Waals surface area (Å²) in [6.45, 7) is 1.98. The van der Waals surface area contributed by atoms with Crippen molar-refractivity contribution < 1.29 is 9.59 Å². The first-order valence-corrected chi connectivity index (χ1v) is 8.63. The van der Waals surface area contributed by atoms with Crippen LogP contribution < -0.4 is 5.32 Å². The van der Waals surface area contributed by atoms with Crippen molar-refractivity contribution in [2.75, 3.05) is 18.9 Å². The van der Waals surface area contributed by atoms with Gasteiger partial charge in [0.2, 0.25) is 11.8 Å². The van der Waals surface area contributed by atoms with Gasteiger partial charge in [-0.1, -0.05) is 30.7 Å². The van der Waals surface area contributed by atoms with E-state index >= 15 is 0 Å². The van der Waals surface area contributed by atoms with Crippen LogP contribution in [0, 0.1) is 4.77 Å². The number of halogens is 1. The molecule has 1 aromatic carbocycles. The van der Waals surface area contributed by atoms with Gasteiger partial charge >= 0.3 is 0 Å². The number of para-hydroxylation sites is 1. The molecule has 1 heterocycles. The quantitative estimate of drug-likeness (QED) is 0.722. The number of aromatic amines is 1. The Bertz CT molecular complexity index is 817. The maximum absolute atomic E-state index is 12.4. The summed E-state index contributed by atoms with van der Waals surface area (Å²) in [6.07, 6.45) is 1.61. The maximum atomic E-state index is 12.4. The smallest absolute Gasteiger partial charge is 0.244 e. The predicted octanol–water partition coefficient (Wildman–Crippen LogP) is 2.64. The van der Waals surface area contributed by atoms with Crippen molar-refractivity contribution >= 4 is 41.3 Å². The van der Waals surface area contributed by atoms with E-state index in [1.165, 1.54) is 4.90 Å². The lowest BCUT2D eigenvalue weighted by Crippen LogP contribution is -2.37. The number of benzene rings is 1. The van der Waals surface area contributed by atoms with Gasteiger partial charge in [0.1, 0.15) is 12.4 Å². The minimum atomic E-state index is -0.325. The lowest BCUT2D eigenvalue weighted by Gasteiger charge is -2.18. The van der Waals surface area contributed by atoms with Gasteiger partial charge in [-0.25, -0.2) is 0 Å². The Morgan fingerprint density at radius 2 is 2.12 bits per heavy atom. The minimum Gasteiger partial charge on any atom is -0.335 e. The van der Waals surface area contributed by atoms with Crippen molar-refractivity contribution in [2.24, 2.45) is 0 Å². The molecule has 0 aliphatic carbocycles. The Hall–Kier alpha value is -2.19. The average molecular weight is 382 g/mol. The first-order valence-electron chi connectivity index (χ1n) is 7.84. The van der Waals surface area contributed by atoms with Crippen molar-refractivity contribution in [3.63, 3.8) is 0 Å². The number of hydrogen-bond donors (Lipinski definition) is 2. The summed E-state index contributed by atoms with van der Waals surface area (Å²) in [5.74, 6) is 0.174. The van der Waals surface area contributed by atoms with E-state index in [0.717, 1.165) is 18.7 Å². The van der Waals surface area contributed by atoms with E-state index in [2.05, 4.69) is 15.5 Å². The Morgan fingerprint density at radius 3 is 2.80 bits per heavy atom. The fourth-order valence-corrected chi connectivity index (χ4v) is 2.64. The number of hydrogen-bond acceptors (Lipinski definition) is 4. The van der Waals surface area contributed by atoms with Crippen molar-refractivity contribution in [1.82, 2.24) is 19.7 Å². The van der Waals surface area contributed by atoms with Gasteiger partial charge in [0.05, 0.1) is 17.3 Å². The number of likely N-dealkylation sites (N-methyl/N-ethyl adjacent to an activating group) is 1. The largest absolute Gasteiger partial charge is 0.335 e. The molecule has 7 nitrogen and oxygen atoms in total. The van der Waals surface area contributed by atoms with Gasteiger partial charge in [0.15, 0.2) is 4.77 Å². The fourth-order valence-electron chi connectivity index (χ4n) is 2.24. The highest BCUT2D eigenvalue weighted by atomic mass is 35.5. The summed E-state index contributed by atoms with van der Waals surface area (Å²) < 4.78 is 2.05. The van der Waals surface area contributed by atoms with Crippen LogP contribution in [0.4, 0.5) is 5.69 Å². The summed E-state index contributed by atoms with van der Waals surface area (Å²) in [5, 5.41) is 9.95. The van der Waals surface area contributed by atoms with Gasteiger partial charge in [0.25, 0.3) is 0 Å². The number of aromatic nitrogens is 3. The molecule has 1 aromatic heterocycles. The molecule has 0 aliphatic heterocycles. The maximum Gasteiger partial charge on any atom is 0.244 e. The summed E-state index contributed by atoms with van der Waals surface area (Å²) in [7, 11) is 1.57. The van der Waals surface area contributed by atoms with Crippen LogP contribution in [0.3, 0.4) is 0 Å². The molecule has 2 aromatic rings. The number of anilines is 1. The van der Waals surface area contributed by atoms with Crippen molar-refractivity contribution in [1.29, 1.82) is 0 Å². The van der Waals surface area contributed by atoms with Gasteiger partial charge in [-0.05, 0) is 30.8 Å². The normalized spacial score (nSPS) is 10.5. The number of nitrogens with one attached hydrogen (secondary N) is 2. The lowest BCUT2D eigenvalue weighted by molar-refractivity contribution is -0.133. The Kier molecular flexibility index (Phi) is 6.72. The van der Waals surface area contributed by atoms with E-state index < -0.39 is 0 Å². The molecule has 2 N–H and O–H groups in total. The number of carbonyl (C=O) groups is 2. The summed E-state index contributed by atoms with van der Waals surface area (Å²) in [4.78, 5) is 25.8. The van der Waals surface area contributed by atoms with Crippen LogP contribution in [0.1, 0.15) is 19.2 Å². The van der Waals surface area contributed by atoms with Crippen LogP contribution in [-0.2, 0) is 22.6 Å². The van der Waals surface area contributed by atoms with Crippen molar-refractivity contribution in [3.05, 3.63) is 39.9 Å². The molecule has 0 spiro atoms. The van der Waals surface area contributed by atoms with Crippen LogP contribution >= 0.6 is 23.8 Å². The zero-order chi connectivity index (χ0) is 18.4. The zero-order valence-corrected chi connectivity index (χ0v) is 15.7. The SMILES string of the molecule is CCCc1n[nH]c(=S)n1CC(=O)N(C)CC(=O)Nc1ccccc1Cl. The molecule has 9 heteroatoms. The van der Waals surface area contributed by atoms with Crippen molar-refractivity contribution in [2.45, 2.75) is 26.3 Å². The molecule has 0 aliphatic rings. The van der Waals surface area contributed by atoms with Crippen LogP contribution in [0.15, 0.2) is 24.3 Å². The van der Waals surface area contributed by atoms with Gasteiger partial charge in [-0.3, -0.25) is 19.3 Å². The topological polar surface area (TPSA) is 83.0 Å². The standard InChI is InChI=1S/C16H20ClN5O2S/c1-3-6-13-19-20-16(25)22(13)10-15(24)21(2)9-14(23)18-12-8-5-4-7-11(12)17/h4-5,7-8H,3,6,9-10H2,1-2H3,(H,18,23)(H,20,25). The summed E-state index contributed by atoms with van der Waals surface area (Å²) >= 11 is 11.2. The number of aryl methyl sites for hydroxylation is 1. The predicted molar refractivity (Wildman–Crippen MR) is 99.1 cm³/mol. The first-order chi connectivity index (χ1) is 11.9.